The third-order valence-corrected chi connectivity index (χ3v) is 4.82. The first-order valence-electron chi connectivity index (χ1n) is 8.38. The maximum absolute atomic E-state index is 13.9. The minimum Gasteiger partial charge on any atom is -0.353 e. The van der Waals surface area contributed by atoms with Crippen molar-refractivity contribution in [1.82, 2.24) is 14.6 Å². The minimum absolute atomic E-state index is 0.0502. The van der Waals surface area contributed by atoms with E-state index in [4.69, 9.17) is 0 Å². The summed E-state index contributed by atoms with van der Waals surface area (Å²) in [6, 6.07) is 4.89. The molecule has 1 amide bonds. The largest absolute Gasteiger partial charge is 0.353 e. The van der Waals surface area contributed by atoms with Gasteiger partial charge in [0.25, 0.3) is 5.56 Å². The zero-order chi connectivity index (χ0) is 19.6. The van der Waals surface area contributed by atoms with Crippen molar-refractivity contribution >= 4 is 28.7 Å². The molecule has 0 bridgehead atoms. The van der Waals surface area contributed by atoms with Crippen LogP contribution in [-0.2, 0) is 10.5 Å². The third kappa shape index (κ3) is 4.19. The van der Waals surface area contributed by atoms with Crippen LogP contribution in [0.1, 0.15) is 31.0 Å². The highest BCUT2D eigenvalue weighted by Crippen LogP contribution is 2.24. The van der Waals surface area contributed by atoms with Gasteiger partial charge in [-0.3, -0.25) is 15.0 Å². The van der Waals surface area contributed by atoms with Gasteiger partial charge in [-0.2, -0.15) is 4.68 Å². The Labute approximate surface area is 158 Å². The molecule has 0 atom stereocenters. The Morgan fingerprint density at radius 3 is 2.85 bits per heavy atom. The highest BCUT2D eigenvalue weighted by Gasteiger charge is 2.16. The lowest BCUT2D eigenvalue weighted by atomic mass is 10.2. The van der Waals surface area contributed by atoms with E-state index in [2.05, 4.69) is 15.4 Å². The van der Waals surface area contributed by atoms with E-state index >= 15 is 0 Å². The number of aromatic nitrogens is 3. The van der Waals surface area contributed by atoms with Crippen LogP contribution in [0.25, 0.3) is 11.0 Å². The van der Waals surface area contributed by atoms with Crippen molar-refractivity contribution in [2.75, 3.05) is 5.43 Å². The van der Waals surface area contributed by atoms with Gasteiger partial charge in [-0.05, 0) is 37.6 Å². The molecular formula is C18H18F2N4O2S. The predicted octanol–water partition coefficient (Wildman–Crippen LogP) is 3.47. The van der Waals surface area contributed by atoms with Gasteiger partial charge in [-0.25, -0.2) is 13.8 Å². The molecule has 2 N–H and O–H groups in total. The quantitative estimate of drug-likeness (QED) is 0.497. The molecule has 0 saturated heterocycles. The predicted molar refractivity (Wildman–Crippen MR) is 100 cm³/mol. The molecule has 142 valence electrons. The fourth-order valence-electron chi connectivity index (χ4n) is 2.58. The van der Waals surface area contributed by atoms with Crippen molar-refractivity contribution in [2.24, 2.45) is 0 Å². The molecule has 0 unspecified atom stereocenters. The molecule has 2 aromatic heterocycles. The lowest BCUT2D eigenvalue weighted by Crippen LogP contribution is -2.35. The monoisotopic (exact) mass is 392 g/mol. The molecule has 0 radical (unpaired) electrons. The summed E-state index contributed by atoms with van der Waals surface area (Å²) in [4.78, 5) is 32.1. The molecule has 0 aliphatic carbocycles. The van der Waals surface area contributed by atoms with Gasteiger partial charge in [0.2, 0.25) is 5.91 Å². The van der Waals surface area contributed by atoms with Gasteiger partial charge in [0.05, 0.1) is 5.52 Å². The fourth-order valence-corrected chi connectivity index (χ4v) is 3.50. The van der Waals surface area contributed by atoms with E-state index in [1.54, 1.807) is 13.0 Å². The van der Waals surface area contributed by atoms with E-state index in [1.165, 1.54) is 0 Å². The third-order valence-electron chi connectivity index (χ3n) is 3.83. The van der Waals surface area contributed by atoms with Crippen LogP contribution in [0.2, 0.25) is 0 Å². The first-order valence-corrected chi connectivity index (χ1v) is 9.36. The number of H-pyrrole nitrogens is 1. The lowest BCUT2D eigenvalue weighted by molar-refractivity contribution is -0.117. The zero-order valence-corrected chi connectivity index (χ0v) is 15.6. The SMILES string of the molecule is CCCC(=O)Nn1c(SCc2cc(F)ccc2F)nc2cc(C)[nH]c2c1=O. The summed E-state index contributed by atoms with van der Waals surface area (Å²) in [5.41, 5.74) is 3.69. The van der Waals surface area contributed by atoms with E-state index in [-0.39, 0.29) is 34.3 Å². The molecular weight excluding hydrogens is 374 g/mol. The molecule has 6 nitrogen and oxygen atoms in total. The van der Waals surface area contributed by atoms with Crippen LogP contribution in [0.5, 0.6) is 0 Å². The van der Waals surface area contributed by atoms with Gasteiger partial charge < -0.3 is 4.98 Å². The number of hydrogen-bond acceptors (Lipinski definition) is 4. The molecule has 3 aromatic rings. The Bertz CT molecular complexity index is 1060. The Morgan fingerprint density at radius 1 is 1.33 bits per heavy atom. The Balaban J connectivity index is 2.00. The average Bonchev–Trinajstić information content (AvgIpc) is 2.99. The number of amides is 1. The average molecular weight is 392 g/mol. The number of aryl methyl sites for hydroxylation is 1. The molecule has 3 rings (SSSR count). The maximum Gasteiger partial charge on any atom is 0.297 e. The van der Waals surface area contributed by atoms with E-state index in [1.807, 2.05) is 6.92 Å². The standard InChI is InChI=1S/C18H18F2N4O2S/c1-3-4-15(25)23-24-17(26)16-14(7-10(2)21-16)22-18(24)27-9-11-8-12(19)5-6-13(11)20/h5-8,21H,3-4,9H2,1-2H3,(H,23,25). The molecule has 0 spiro atoms. The number of halogens is 2. The lowest BCUT2D eigenvalue weighted by Gasteiger charge is -2.13. The van der Waals surface area contributed by atoms with Crippen molar-refractivity contribution in [3.05, 3.63) is 57.5 Å². The summed E-state index contributed by atoms with van der Waals surface area (Å²) in [6.45, 7) is 3.64. The number of fused-ring (bicyclic) bond motifs is 1. The van der Waals surface area contributed by atoms with Crippen molar-refractivity contribution < 1.29 is 13.6 Å². The Hall–Kier alpha value is -2.68. The smallest absolute Gasteiger partial charge is 0.297 e. The number of carbonyl (C=O) groups is 1. The zero-order valence-electron chi connectivity index (χ0n) is 14.8. The summed E-state index contributed by atoms with van der Waals surface area (Å²) in [5, 5.41) is 0.194. The number of nitrogens with zero attached hydrogens (tertiary/aromatic N) is 2. The summed E-state index contributed by atoms with van der Waals surface area (Å²) in [5.74, 6) is -1.38. The topological polar surface area (TPSA) is 79.8 Å². The second-order valence-electron chi connectivity index (χ2n) is 6.06. The van der Waals surface area contributed by atoms with Crippen LogP contribution < -0.4 is 11.0 Å². The Morgan fingerprint density at radius 2 is 2.11 bits per heavy atom. The maximum atomic E-state index is 13.9. The van der Waals surface area contributed by atoms with Crippen molar-refractivity contribution in [3.63, 3.8) is 0 Å². The number of hydrogen-bond donors (Lipinski definition) is 2. The first-order chi connectivity index (χ1) is 12.9. The van der Waals surface area contributed by atoms with Gasteiger partial charge in [-0.15, -0.1) is 0 Å². The van der Waals surface area contributed by atoms with E-state index in [0.717, 1.165) is 40.3 Å². The minimum atomic E-state index is -0.551. The number of rotatable bonds is 6. The van der Waals surface area contributed by atoms with E-state index in [0.29, 0.717) is 11.9 Å². The van der Waals surface area contributed by atoms with Crippen LogP contribution >= 0.6 is 11.8 Å². The van der Waals surface area contributed by atoms with Crippen molar-refractivity contribution in [1.29, 1.82) is 0 Å². The Kier molecular flexibility index (Phi) is 5.59. The van der Waals surface area contributed by atoms with Crippen LogP contribution in [0, 0.1) is 18.6 Å². The molecule has 27 heavy (non-hydrogen) atoms. The van der Waals surface area contributed by atoms with Crippen LogP contribution in [0.15, 0.2) is 34.2 Å². The van der Waals surface area contributed by atoms with Gasteiger partial charge in [-0.1, -0.05) is 18.7 Å². The van der Waals surface area contributed by atoms with Crippen LogP contribution in [0.4, 0.5) is 8.78 Å². The molecule has 0 fully saturated rings. The first kappa shape index (κ1) is 19.1. The van der Waals surface area contributed by atoms with Crippen molar-refractivity contribution in [2.45, 2.75) is 37.6 Å². The molecule has 0 saturated carbocycles. The highest BCUT2D eigenvalue weighted by molar-refractivity contribution is 7.98. The number of carbonyl (C=O) groups excluding carboxylic acids is 1. The summed E-state index contributed by atoms with van der Waals surface area (Å²) in [6.07, 6.45) is 0.867. The molecule has 0 aliphatic rings. The summed E-state index contributed by atoms with van der Waals surface area (Å²) >= 11 is 1.04. The van der Waals surface area contributed by atoms with Gasteiger partial charge in [0, 0.05) is 23.4 Å². The number of nitrogens with one attached hydrogen (secondary N) is 2. The molecule has 0 aliphatic heterocycles. The normalized spacial score (nSPS) is 11.1. The summed E-state index contributed by atoms with van der Waals surface area (Å²) < 4.78 is 28.3. The van der Waals surface area contributed by atoms with Gasteiger partial charge in [0.15, 0.2) is 5.16 Å². The molecule has 2 heterocycles. The molecule has 1 aromatic carbocycles. The van der Waals surface area contributed by atoms with E-state index in [9.17, 15) is 18.4 Å². The number of benzene rings is 1. The highest BCUT2D eigenvalue weighted by atomic mass is 32.2. The van der Waals surface area contributed by atoms with Crippen LogP contribution in [0.3, 0.4) is 0 Å². The second kappa shape index (κ2) is 7.91. The summed E-state index contributed by atoms with van der Waals surface area (Å²) in [7, 11) is 0. The number of thioether (sulfide) groups is 1. The van der Waals surface area contributed by atoms with Gasteiger partial charge in [0.1, 0.15) is 17.2 Å². The fraction of sp³-hybridized carbons (Fsp3) is 0.278. The second-order valence-corrected chi connectivity index (χ2v) is 7.00. The van der Waals surface area contributed by atoms with Crippen LogP contribution in [-0.4, -0.2) is 20.6 Å². The van der Waals surface area contributed by atoms with E-state index < -0.39 is 17.2 Å². The molecule has 9 heteroatoms. The van der Waals surface area contributed by atoms with Gasteiger partial charge >= 0.3 is 0 Å². The number of aromatic amines is 1. The van der Waals surface area contributed by atoms with Crippen molar-refractivity contribution in [3.8, 4) is 0 Å².